The highest BCUT2D eigenvalue weighted by molar-refractivity contribution is 6.33. The van der Waals surface area contributed by atoms with Crippen molar-refractivity contribution in [3.05, 3.63) is 97.6 Å². The lowest BCUT2D eigenvalue weighted by atomic mass is 10.1. The molecule has 0 unspecified atom stereocenters. The van der Waals surface area contributed by atoms with E-state index in [9.17, 15) is 4.79 Å². The Hall–Kier alpha value is -2.46. The van der Waals surface area contributed by atoms with E-state index >= 15 is 0 Å². The average Bonchev–Trinajstić information content (AvgIpc) is 2.69. The molecule has 0 N–H and O–H groups in total. The minimum absolute atomic E-state index is 0.0813. The predicted octanol–water partition coefficient (Wildman–Crippen LogP) is 7.00. The van der Waals surface area contributed by atoms with Gasteiger partial charge in [-0.05, 0) is 48.0 Å². The number of benzene rings is 3. The second-order valence-electron chi connectivity index (χ2n) is 6.12. The van der Waals surface area contributed by atoms with Crippen LogP contribution in [0.4, 0.5) is 0 Å². The number of hydrogen-bond donors (Lipinski definition) is 0. The fraction of sp³-hybridized carbons (Fsp3) is 0.0455. The topological polar surface area (TPSA) is 39.4 Å². The highest BCUT2D eigenvalue weighted by Crippen LogP contribution is 2.36. The maximum absolute atomic E-state index is 13.2. The summed E-state index contributed by atoms with van der Waals surface area (Å²) in [5.41, 5.74) is 1.53. The first-order valence-corrected chi connectivity index (χ1v) is 9.55. The molecule has 1 aromatic heterocycles. The van der Waals surface area contributed by atoms with Gasteiger partial charge in [-0.1, -0.05) is 59.1 Å². The van der Waals surface area contributed by atoms with Gasteiger partial charge < -0.3 is 9.15 Å². The van der Waals surface area contributed by atoms with Gasteiger partial charge in [0.2, 0.25) is 11.2 Å². The smallest absolute Gasteiger partial charge is 0.235 e. The van der Waals surface area contributed by atoms with Crippen LogP contribution in [-0.2, 0) is 6.61 Å². The van der Waals surface area contributed by atoms with Crippen molar-refractivity contribution in [2.24, 2.45) is 0 Å². The van der Waals surface area contributed by atoms with E-state index in [1.165, 1.54) is 0 Å². The Bertz CT molecular complexity index is 1210. The Morgan fingerprint density at radius 2 is 1.57 bits per heavy atom. The van der Waals surface area contributed by atoms with Crippen molar-refractivity contribution in [2.45, 2.75) is 6.61 Å². The number of ether oxygens (including phenoxy) is 1. The lowest BCUT2D eigenvalue weighted by molar-refractivity contribution is 0.298. The molecule has 0 aliphatic heterocycles. The number of hydrogen-bond acceptors (Lipinski definition) is 3. The van der Waals surface area contributed by atoms with Gasteiger partial charge >= 0.3 is 0 Å². The molecule has 0 saturated heterocycles. The minimum Gasteiger partial charge on any atom is -0.481 e. The third-order valence-corrected chi connectivity index (χ3v) is 5.04. The summed E-state index contributed by atoms with van der Waals surface area (Å²) in [6, 6.07) is 19.2. The van der Waals surface area contributed by atoms with Crippen LogP contribution in [-0.4, -0.2) is 0 Å². The monoisotopic (exact) mass is 430 g/mol. The van der Waals surface area contributed by atoms with Gasteiger partial charge in [-0.25, -0.2) is 0 Å². The van der Waals surface area contributed by atoms with Crippen molar-refractivity contribution in [1.29, 1.82) is 0 Å². The first-order chi connectivity index (χ1) is 13.5. The molecular weight excluding hydrogens is 419 g/mol. The van der Waals surface area contributed by atoms with Crippen LogP contribution in [0, 0.1) is 0 Å². The van der Waals surface area contributed by atoms with E-state index in [1.54, 1.807) is 48.5 Å². The van der Waals surface area contributed by atoms with Crippen LogP contribution in [0.1, 0.15) is 5.56 Å². The molecule has 1 heterocycles. The Morgan fingerprint density at radius 1 is 0.857 bits per heavy atom. The Labute approximate surface area is 176 Å². The standard InChI is InChI=1S/C22H13Cl3O3/c23-14-7-5-13(6-8-14)12-27-22-20(26)17-11-15(24)9-10-19(17)28-21(22)16-3-1-2-4-18(16)25/h1-11H,12H2. The molecule has 0 atom stereocenters. The van der Waals surface area contributed by atoms with Crippen LogP contribution in [0.5, 0.6) is 5.75 Å². The summed E-state index contributed by atoms with van der Waals surface area (Å²) in [4.78, 5) is 13.2. The minimum atomic E-state index is -0.312. The van der Waals surface area contributed by atoms with E-state index in [-0.39, 0.29) is 23.5 Å². The van der Waals surface area contributed by atoms with Crippen molar-refractivity contribution in [1.82, 2.24) is 0 Å². The maximum Gasteiger partial charge on any atom is 0.235 e. The summed E-state index contributed by atoms with van der Waals surface area (Å²) in [5.74, 6) is 0.359. The molecule has 0 radical (unpaired) electrons. The predicted molar refractivity (Wildman–Crippen MR) is 114 cm³/mol. The van der Waals surface area contributed by atoms with Gasteiger partial charge in [0.1, 0.15) is 12.2 Å². The number of rotatable bonds is 4. The second kappa shape index (κ2) is 7.88. The zero-order valence-electron chi connectivity index (χ0n) is 14.4. The van der Waals surface area contributed by atoms with E-state index in [4.69, 9.17) is 44.0 Å². The Morgan fingerprint density at radius 3 is 2.32 bits per heavy atom. The van der Waals surface area contributed by atoms with Crippen LogP contribution >= 0.6 is 34.8 Å². The van der Waals surface area contributed by atoms with Gasteiger partial charge in [0.15, 0.2) is 5.76 Å². The summed E-state index contributed by atoms with van der Waals surface area (Å²) < 4.78 is 11.9. The van der Waals surface area contributed by atoms with E-state index in [0.717, 1.165) is 5.56 Å². The molecule has 0 amide bonds. The number of halogens is 3. The molecule has 4 rings (SSSR count). The highest BCUT2D eigenvalue weighted by atomic mass is 35.5. The first kappa shape index (κ1) is 18.9. The van der Waals surface area contributed by atoms with Crippen LogP contribution in [0.25, 0.3) is 22.3 Å². The zero-order chi connectivity index (χ0) is 19.7. The lowest BCUT2D eigenvalue weighted by Crippen LogP contribution is -2.10. The third kappa shape index (κ3) is 3.74. The molecule has 3 aromatic carbocycles. The Kier molecular flexibility index (Phi) is 5.31. The molecule has 0 spiro atoms. The summed E-state index contributed by atoms with van der Waals surface area (Å²) in [6.07, 6.45) is 0. The molecule has 28 heavy (non-hydrogen) atoms. The van der Waals surface area contributed by atoms with Crippen molar-refractivity contribution >= 4 is 45.8 Å². The van der Waals surface area contributed by atoms with E-state index in [2.05, 4.69) is 0 Å². The van der Waals surface area contributed by atoms with Crippen LogP contribution < -0.4 is 10.2 Å². The Balaban J connectivity index is 1.87. The van der Waals surface area contributed by atoms with Gasteiger partial charge in [0, 0.05) is 15.6 Å². The highest BCUT2D eigenvalue weighted by Gasteiger charge is 2.20. The molecule has 0 fully saturated rings. The van der Waals surface area contributed by atoms with Crippen molar-refractivity contribution < 1.29 is 9.15 Å². The van der Waals surface area contributed by atoms with Crippen molar-refractivity contribution in [3.8, 4) is 17.1 Å². The molecule has 0 aliphatic carbocycles. The first-order valence-electron chi connectivity index (χ1n) is 8.41. The van der Waals surface area contributed by atoms with Crippen LogP contribution in [0.3, 0.4) is 0 Å². The molecule has 3 nitrogen and oxygen atoms in total. The number of fused-ring (bicyclic) bond motifs is 1. The molecule has 0 bridgehead atoms. The summed E-state index contributed by atoms with van der Waals surface area (Å²) in [6.45, 7) is 0.172. The fourth-order valence-electron chi connectivity index (χ4n) is 2.84. The van der Waals surface area contributed by atoms with E-state index in [0.29, 0.717) is 31.6 Å². The maximum atomic E-state index is 13.2. The summed E-state index contributed by atoms with van der Waals surface area (Å²) >= 11 is 18.3. The average molecular weight is 432 g/mol. The molecule has 0 saturated carbocycles. The molecule has 0 aliphatic rings. The lowest BCUT2D eigenvalue weighted by Gasteiger charge is -2.13. The van der Waals surface area contributed by atoms with Crippen molar-refractivity contribution in [2.75, 3.05) is 0 Å². The molecule has 4 aromatic rings. The van der Waals surface area contributed by atoms with Crippen LogP contribution in [0.2, 0.25) is 15.1 Å². The van der Waals surface area contributed by atoms with E-state index in [1.807, 2.05) is 18.2 Å². The molecule has 6 heteroatoms. The second-order valence-corrected chi connectivity index (χ2v) is 7.40. The zero-order valence-corrected chi connectivity index (χ0v) is 16.7. The SMILES string of the molecule is O=c1c(OCc2ccc(Cl)cc2)c(-c2ccccc2Cl)oc2ccc(Cl)cc12. The van der Waals surface area contributed by atoms with Gasteiger partial charge in [0.25, 0.3) is 0 Å². The normalized spacial score (nSPS) is 11.0. The molecular formula is C22H13Cl3O3. The van der Waals surface area contributed by atoms with Gasteiger partial charge in [-0.15, -0.1) is 0 Å². The van der Waals surface area contributed by atoms with Gasteiger partial charge in [-0.2, -0.15) is 0 Å². The van der Waals surface area contributed by atoms with E-state index < -0.39 is 0 Å². The third-order valence-electron chi connectivity index (χ3n) is 4.23. The fourth-order valence-corrected chi connectivity index (χ4v) is 3.36. The summed E-state index contributed by atoms with van der Waals surface area (Å²) in [5, 5.41) is 1.86. The van der Waals surface area contributed by atoms with Crippen molar-refractivity contribution in [3.63, 3.8) is 0 Å². The quantitative estimate of drug-likeness (QED) is 0.349. The van der Waals surface area contributed by atoms with Crippen LogP contribution in [0.15, 0.2) is 75.9 Å². The summed E-state index contributed by atoms with van der Waals surface area (Å²) in [7, 11) is 0. The van der Waals surface area contributed by atoms with Gasteiger partial charge in [-0.3, -0.25) is 4.79 Å². The van der Waals surface area contributed by atoms with Gasteiger partial charge in [0.05, 0.1) is 10.4 Å². The largest absolute Gasteiger partial charge is 0.481 e. The molecule has 140 valence electrons.